The van der Waals surface area contributed by atoms with Gasteiger partial charge in [0.25, 0.3) is 5.91 Å². The lowest BCUT2D eigenvalue weighted by Crippen LogP contribution is -2.08. The van der Waals surface area contributed by atoms with Crippen molar-refractivity contribution in [1.82, 2.24) is 9.38 Å². The Bertz CT molecular complexity index is 1070. The van der Waals surface area contributed by atoms with Gasteiger partial charge in [0.05, 0.1) is 23.9 Å². The average molecular weight is 349 g/mol. The first-order chi connectivity index (χ1) is 12.2. The second kappa shape index (κ2) is 6.07. The molecule has 1 amide bonds. The molecule has 25 heavy (non-hydrogen) atoms. The zero-order valence-corrected chi connectivity index (χ0v) is 14.3. The minimum absolute atomic E-state index is 0.427. The second-order valence-corrected chi connectivity index (χ2v) is 6.46. The van der Waals surface area contributed by atoms with E-state index in [0.717, 1.165) is 28.0 Å². The highest BCUT2D eigenvalue weighted by Gasteiger charge is 2.15. The molecule has 0 fully saturated rings. The van der Waals surface area contributed by atoms with E-state index in [2.05, 4.69) is 4.98 Å². The maximum absolute atomic E-state index is 11.4. The Hall–Kier alpha value is -3.12. The molecule has 0 saturated carbocycles. The Morgan fingerprint density at radius 3 is 2.60 bits per heavy atom. The number of amides is 1. The number of hydrogen-bond donors (Lipinski definition) is 1. The lowest BCUT2D eigenvalue weighted by molar-refractivity contribution is 0.100. The molecule has 124 valence electrons. The highest BCUT2D eigenvalue weighted by molar-refractivity contribution is 7.12. The van der Waals surface area contributed by atoms with Crippen LogP contribution in [0, 0.1) is 0 Å². The number of nitrogens with zero attached hydrogens (tertiary/aromatic N) is 2. The van der Waals surface area contributed by atoms with Gasteiger partial charge in [-0.2, -0.15) is 0 Å². The van der Waals surface area contributed by atoms with Gasteiger partial charge in [-0.3, -0.25) is 9.20 Å². The molecule has 0 saturated heterocycles. The van der Waals surface area contributed by atoms with E-state index in [9.17, 15) is 4.79 Å². The number of pyridine rings is 1. The normalized spacial score (nSPS) is 10.9. The minimum Gasteiger partial charge on any atom is -0.482 e. The number of imidazole rings is 1. The van der Waals surface area contributed by atoms with E-state index in [1.54, 1.807) is 19.4 Å². The first-order valence-corrected chi connectivity index (χ1v) is 8.55. The lowest BCUT2D eigenvalue weighted by atomic mass is 10.1. The van der Waals surface area contributed by atoms with Gasteiger partial charge >= 0.3 is 0 Å². The molecular weight excluding hydrogens is 334 g/mol. The maximum atomic E-state index is 11.4. The number of methoxy groups -OCH3 is 1. The zero-order valence-electron chi connectivity index (χ0n) is 13.5. The number of carbonyl (C=O) groups excluding carboxylic acids is 1. The molecule has 0 aliphatic rings. The van der Waals surface area contributed by atoms with E-state index in [0.29, 0.717) is 10.8 Å². The van der Waals surface area contributed by atoms with Crippen molar-refractivity contribution in [3.05, 3.63) is 65.0 Å². The van der Waals surface area contributed by atoms with Crippen LogP contribution in [0.25, 0.3) is 28.0 Å². The molecule has 3 aromatic heterocycles. The van der Waals surface area contributed by atoms with Gasteiger partial charge < -0.3 is 10.5 Å². The Labute approximate surface area is 148 Å². The Morgan fingerprint density at radius 2 is 1.92 bits per heavy atom. The number of fused-ring (bicyclic) bond motifs is 1. The van der Waals surface area contributed by atoms with Crippen LogP contribution in [-0.4, -0.2) is 22.4 Å². The van der Waals surface area contributed by atoms with Crippen molar-refractivity contribution in [1.29, 1.82) is 0 Å². The first-order valence-electron chi connectivity index (χ1n) is 7.67. The number of primary amides is 1. The lowest BCUT2D eigenvalue weighted by Gasteiger charge is -2.10. The molecule has 0 radical (unpaired) electrons. The van der Waals surface area contributed by atoms with Crippen LogP contribution >= 0.6 is 11.3 Å². The number of carbonyl (C=O) groups is 1. The summed E-state index contributed by atoms with van der Waals surface area (Å²) in [5, 5.41) is 1.90. The summed E-state index contributed by atoms with van der Waals surface area (Å²) in [6, 6.07) is 15.9. The van der Waals surface area contributed by atoms with Crippen LogP contribution in [0.1, 0.15) is 9.67 Å². The van der Waals surface area contributed by atoms with E-state index < -0.39 is 5.91 Å². The fraction of sp³-hybridized carbons (Fsp3) is 0.0526. The predicted octanol–water partition coefficient (Wildman–Crippen LogP) is 3.84. The number of hydrogen-bond acceptors (Lipinski definition) is 4. The molecule has 0 aliphatic heterocycles. The third-order valence-corrected chi connectivity index (χ3v) is 4.97. The van der Waals surface area contributed by atoms with Crippen molar-refractivity contribution in [2.24, 2.45) is 5.73 Å². The Morgan fingerprint density at radius 1 is 1.12 bits per heavy atom. The van der Waals surface area contributed by atoms with Crippen molar-refractivity contribution in [2.75, 3.05) is 7.11 Å². The number of nitrogens with two attached hydrogens (primary N) is 1. The van der Waals surface area contributed by atoms with Gasteiger partial charge in [-0.1, -0.05) is 30.3 Å². The van der Waals surface area contributed by atoms with Crippen molar-refractivity contribution in [3.63, 3.8) is 0 Å². The summed E-state index contributed by atoms with van der Waals surface area (Å²) in [7, 11) is 1.63. The van der Waals surface area contributed by atoms with E-state index in [1.807, 2.05) is 52.2 Å². The van der Waals surface area contributed by atoms with Gasteiger partial charge in [0.1, 0.15) is 5.65 Å². The van der Waals surface area contributed by atoms with Crippen LogP contribution in [0.4, 0.5) is 0 Å². The highest BCUT2D eigenvalue weighted by atomic mass is 32.1. The summed E-state index contributed by atoms with van der Waals surface area (Å²) in [4.78, 5) is 16.4. The number of thiophene rings is 1. The fourth-order valence-corrected chi connectivity index (χ4v) is 3.58. The van der Waals surface area contributed by atoms with E-state index in [4.69, 9.17) is 10.5 Å². The van der Waals surface area contributed by atoms with Crippen molar-refractivity contribution in [3.8, 4) is 28.3 Å². The number of benzene rings is 1. The SMILES string of the molecule is COc1cc(-c2ccccc2)cc2ncc(-c3csc(C(N)=O)c3)n12. The van der Waals surface area contributed by atoms with Crippen LogP contribution in [-0.2, 0) is 0 Å². The summed E-state index contributed by atoms with van der Waals surface area (Å²) < 4.78 is 7.53. The number of rotatable bonds is 4. The van der Waals surface area contributed by atoms with Gasteiger partial charge in [0.15, 0.2) is 5.88 Å². The summed E-state index contributed by atoms with van der Waals surface area (Å²) in [6.45, 7) is 0. The molecule has 0 bridgehead atoms. The standard InChI is InChI=1S/C19H15N3O2S/c1-24-18-9-13(12-5-3-2-4-6-12)8-17-21-10-15(22(17)18)14-7-16(19(20)23)25-11-14/h2-11H,1H3,(H2,20,23). The minimum atomic E-state index is -0.427. The summed E-state index contributed by atoms with van der Waals surface area (Å²) in [5.74, 6) is 0.249. The summed E-state index contributed by atoms with van der Waals surface area (Å²) in [6.07, 6.45) is 1.78. The first kappa shape index (κ1) is 15.4. The van der Waals surface area contributed by atoms with E-state index >= 15 is 0 Å². The molecule has 0 atom stereocenters. The number of ether oxygens (including phenoxy) is 1. The van der Waals surface area contributed by atoms with Gasteiger partial charge in [-0.25, -0.2) is 4.98 Å². The molecule has 1 aromatic carbocycles. The predicted molar refractivity (Wildman–Crippen MR) is 99.0 cm³/mol. The topological polar surface area (TPSA) is 69.6 Å². The molecule has 4 rings (SSSR count). The molecule has 0 aliphatic carbocycles. The van der Waals surface area contributed by atoms with Gasteiger partial charge in [-0.05, 0) is 23.3 Å². The summed E-state index contributed by atoms with van der Waals surface area (Å²) in [5.41, 5.74) is 10.0. The maximum Gasteiger partial charge on any atom is 0.258 e. The van der Waals surface area contributed by atoms with Crippen LogP contribution in [0.3, 0.4) is 0 Å². The van der Waals surface area contributed by atoms with Gasteiger partial charge in [-0.15, -0.1) is 11.3 Å². The Balaban J connectivity index is 1.89. The number of aromatic nitrogens is 2. The Kier molecular flexibility index (Phi) is 3.74. The van der Waals surface area contributed by atoms with Crippen molar-refractivity contribution >= 4 is 22.9 Å². The van der Waals surface area contributed by atoms with E-state index in [-0.39, 0.29) is 0 Å². The molecular formula is C19H15N3O2S. The monoisotopic (exact) mass is 349 g/mol. The van der Waals surface area contributed by atoms with Crippen LogP contribution < -0.4 is 10.5 Å². The van der Waals surface area contributed by atoms with Crippen LogP contribution in [0.15, 0.2) is 60.1 Å². The van der Waals surface area contributed by atoms with E-state index in [1.165, 1.54) is 11.3 Å². The molecule has 6 heteroatoms. The smallest absolute Gasteiger partial charge is 0.258 e. The second-order valence-electron chi connectivity index (χ2n) is 5.55. The third-order valence-electron chi connectivity index (χ3n) is 4.03. The highest BCUT2D eigenvalue weighted by Crippen LogP contribution is 2.32. The fourth-order valence-electron chi connectivity index (χ4n) is 2.83. The molecule has 5 nitrogen and oxygen atoms in total. The third kappa shape index (κ3) is 2.66. The van der Waals surface area contributed by atoms with Crippen LogP contribution in [0.2, 0.25) is 0 Å². The largest absolute Gasteiger partial charge is 0.482 e. The average Bonchev–Trinajstić information content (AvgIpc) is 3.28. The molecule has 4 aromatic rings. The van der Waals surface area contributed by atoms with Crippen molar-refractivity contribution < 1.29 is 9.53 Å². The van der Waals surface area contributed by atoms with Gasteiger partial charge in [0.2, 0.25) is 0 Å². The molecule has 0 spiro atoms. The zero-order chi connectivity index (χ0) is 17.4. The molecule has 2 N–H and O–H groups in total. The molecule has 3 heterocycles. The quantitative estimate of drug-likeness (QED) is 0.608. The summed E-state index contributed by atoms with van der Waals surface area (Å²) >= 11 is 1.32. The van der Waals surface area contributed by atoms with Crippen molar-refractivity contribution in [2.45, 2.75) is 0 Å². The van der Waals surface area contributed by atoms with Gasteiger partial charge in [0, 0.05) is 17.0 Å². The molecule has 0 unspecified atom stereocenters. The van der Waals surface area contributed by atoms with Crippen LogP contribution in [0.5, 0.6) is 5.88 Å².